The summed E-state index contributed by atoms with van der Waals surface area (Å²) in [5, 5.41) is 3.47. The van der Waals surface area contributed by atoms with E-state index in [4.69, 9.17) is 19.9 Å². The summed E-state index contributed by atoms with van der Waals surface area (Å²) in [4.78, 5) is 4.68. The van der Waals surface area contributed by atoms with Gasteiger partial charge in [0, 0.05) is 64.1 Å². The molecule has 0 aliphatic carbocycles. The maximum Gasteiger partial charge on any atom is 0.142 e. The summed E-state index contributed by atoms with van der Waals surface area (Å²) in [6.07, 6.45) is 3.10. The molecule has 4 atom stereocenters. The van der Waals surface area contributed by atoms with Crippen LogP contribution in [0, 0.1) is 11.7 Å². The Morgan fingerprint density at radius 1 is 1.02 bits per heavy atom. The van der Waals surface area contributed by atoms with Gasteiger partial charge in [-0.1, -0.05) is 36.4 Å². The van der Waals surface area contributed by atoms with Crippen LogP contribution in [0.25, 0.3) is 0 Å². The Labute approximate surface area is 255 Å². The molecule has 230 valence electrons. The lowest BCUT2D eigenvalue weighted by atomic mass is 9.83. The molecule has 2 unspecified atom stereocenters. The number of anilines is 2. The molecule has 3 aliphatic rings. The van der Waals surface area contributed by atoms with Crippen molar-refractivity contribution >= 4 is 11.4 Å². The number of piperidine rings is 1. The number of rotatable bonds is 11. The minimum atomic E-state index is -0.174. The second-order valence-electron chi connectivity index (χ2n) is 12.2. The first-order chi connectivity index (χ1) is 21.1. The van der Waals surface area contributed by atoms with Crippen molar-refractivity contribution in [1.29, 1.82) is 0 Å². The van der Waals surface area contributed by atoms with Gasteiger partial charge >= 0.3 is 0 Å². The van der Waals surface area contributed by atoms with Crippen molar-refractivity contribution in [2.45, 2.75) is 43.9 Å². The Bertz CT molecular complexity index is 1340. The van der Waals surface area contributed by atoms with Crippen LogP contribution < -0.4 is 25.6 Å². The third kappa shape index (κ3) is 7.32. The number of hydrogen-bond acceptors (Lipinski definition) is 7. The van der Waals surface area contributed by atoms with Gasteiger partial charge in [-0.3, -0.25) is 0 Å². The number of fused-ring (bicyclic) bond motifs is 1. The van der Waals surface area contributed by atoms with Crippen molar-refractivity contribution < 1.29 is 18.6 Å². The summed E-state index contributed by atoms with van der Waals surface area (Å²) >= 11 is 0. The number of methoxy groups -OCH3 is 1. The Kier molecular flexibility index (Phi) is 9.78. The van der Waals surface area contributed by atoms with Gasteiger partial charge in [-0.25, -0.2) is 4.39 Å². The Morgan fingerprint density at radius 3 is 2.72 bits per heavy atom. The van der Waals surface area contributed by atoms with Gasteiger partial charge in [0.2, 0.25) is 0 Å². The fourth-order valence-corrected chi connectivity index (χ4v) is 6.91. The third-order valence-electron chi connectivity index (χ3n) is 9.16. The van der Waals surface area contributed by atoms with Crippen LogP contribution in [0.15, 0.2) is 66.7 Å². The van der Waals surface area contributed by atoms with Gasteiger partial charge in [0.05, 0.1) is 24.9 Å². The largest absolute Gasteiger partial charge is 0.490 e. The van der Waals surface area contributed by atoms with E-state index < -0.39 is 0 Å². The monoisotopic (exact) mass is 588 g/mol. The zero-order valence-corrected chi connectivity index (χ0v) is 25.2. The van der Waals surface area contributed by atoms with Gasteiger partial charge in [-0.05, 0) is 72.2 Å². The zero-order chi connectivity index (χ0) is 29.6. The lowest BCUT2D eigenvalue weighted by Gasteiger charge is -2.37. The number of hydrogen-bond donors (Lipinski definition) is 2. The van der Waals surface area contributed by atoms with E-state index in [2.05, 4.69) is 57.6 Å². The molecule has 0 radical (unpaired) electrons. The highest BCUT2D eigenvalue weighted by Gasteiger charge is 2.33. The number of halogens is 1. The van der Waals surface area contributed by atoms with Gasteiger partial charge in [-0.2, -0.15) is 0 Å². The van der Waals surface area contributed by atoms with Gasteiger partial charge in [0.15, 0.2) is 0 Å². The van der Waals surface area contributed by atoms with Gasteiger partial charge in [0.25, 0.3) is 0 Å². The van der Waals surface area contributed by atoms with Crippen LogP contribution in [0.2, 0.25) is 0 Å². The first-order valence-electron chi connectivity index (χ1n) is 15.7. The Hall–Kier alpha value is -3.17. The van der Waals surface area contributed by atoms with Crippen molar-refractivity contribution in [3.8, 4) is 5.75 Å². The summed E-state index contributed by atoms with van der Waals surface area (Å²) < 4.78 is 31.5. The SMILES string of the molecule is COCCCN1CCOc2ccc(CO[C@H]3CNC[C@@H](N)C3c3ccc(CC4CCN(c5cccc(F)c5)C4)cc3)cc21. The highest BCUT2D eigenvalue weighted by molar-refractivity contribution is 5.61. The van der Waals surface area contributed by atoms with Crippen LogP contribution in [0.5, 0.6) is 5.75 Å². The summed E-state index contributed by atoms with van der Waals surface area (Å²) in [6.45, 7) is 7.28. The van der Waals surface area contributed by atoms with Crippen LogP contribution in [0.4, 0.5) is 15.8 Å². The minimum absolute atomic E-state index is 0.0191. The molecule has 0 amide bonds. The molecule has 6 rings (SSSR count). The molecule has 2 saturated heterocycles. The maximum atomic E-state index is 13.7. The summed E-state index contributed by atoms with van der Waals surface area (Å²) in [5.41, 5.74) is 12.5. The van der Waals surface area contributed by atoms with Gasteiger partial charge in [0.1, 0.15) is 18.2 Å². The van der Waals surface area contributed by atoms with Crippen molar-refractivity contribution in [2.75, 3.05) is 69.4 Å². The molecular formula is C35H45FN4O3. The fourth-order valence-electron chi connectivity index (χ4n) is 6.91. The Balaban J connectivity index is 1.07. The lowest BCUT2D eigenvalue weighted by molar-refractivity contribution is 0.00531. The van der Waals surface area contributed by atoms with Crippen LogP contribution in [-0.4, -0.2) is 71.7 Å². The predicted molar refractivity (Wildman–Crippen MR) is 170 cm³/mol. The predicted octanol–water partition coefficient (Wildman–Crippen LogP) is 4.73. The van der Waals surface area contributed by atoms with Crippen LogP contribution in [-0.2, 0) is 22.5 Å². The molecule has 43 heavy (non-hydrogen) atoms. The second kappa shape index (κ2) is 14.1. The summed E-state index contributed by atoms with van der Waals surface area (Å²) in [6, 6.07) is 22.3. The van der Waals surface area contributed by atoms with Crippen LogP contribution in [0.1, 0.15) is 35.4 Å². The van der Waals surface area contributed by atoms with E-state index in [1.807, 2.05) is 6.07 Å². The molecule has 0 aromatic heterocycles. The quantitative estimate of drug-likeness (QED) is 0.314. The van der Waals surface area contributed by atoms with Crippen molar-refractivity contribution in [1.82, 2.24) is 5.32 Å². The minimum Gasteiger partial charge on any atom is -0.490 e. The molecule has 0 spiro atoms. The summed E-state index contributed by atoms with van der Waals surface area (Å²) in [5.74, 6) is 1.44. The highest BCUT2D eigenvalue weighted by Crippen LogP contribution is 2.34. The van der Waals surface area contributed by atoms with Gasteiger partial charge < -0.3 is 35.1 Å². The molecule has 7 nitrogen and oxygen atoms in total. The van der Waals surface area contributed by atoms with Crippen molar-refractivity contribution in [3.63, 3.8) is 0 Å². The van der Waals surface area contributed by atoms with E-state index >= 15 is 0 Å². The van der Waals surface area contributed by atoms with Crippen molar-refractivity contribution in [3.05, 3.63) is 89.2 Å². The first kappa shape index (κ1) is 29.9. The number of nitrogens with two attached hydrogens (primary N) is 1. The smallest absolute Gasteiger partial charge is 0.142 e. The second-order valence-corrected chi connectivity index (χ2v) is 12.2. The van der Waals surface area contributed by atoms with E-state index in [0.717, 1.165) is 87.8 Å². The third-order valence-corrected chi connectivity index (χ3v) is 9.16. The summed E-state index contributed by atoms with van der Waals surface area (Å²) in [7, 11) is 1.75. The Morgan fingerprint density at radius 2 is 1.88 bits per heavy atom. The van der Waals surface area contributed by atoms with Crippen LogP contribution >= 0.6 is 0 Å². The van der Waals surface area contributed by atoms with E-state index in [-0.39, 0.29) is 23.9 Å². The lowest BCUT2D eigenvalue weighted by Crippen LogP contribution is -2.53. The zero-order valence-electron chi connectivity index (χ0n) is 25.2. The van der Waals surface area contributed by atoms with E-state index in [1.165, 1.54) is 17.2 Å². The first-order valence-corrected chi connectivity index (χ1v) is 15.7. The number of nitrogens with one attached hydrogen (secondary N) is 1. The van der Waals surface area contributed by atoms with Crippen molar-refractivity contribution in [2.24, 2.45) is 11.7 Å². The number of nitrogens with zero attached hydrogens (tertiary/aromatic N) is 2. The molecular weight excluding hydrogens is 543 g/mol. The molecule has 3 heterocycles. The van der Waals surface area contributed by atoms with E-state index in [9.17, 15) is 4.39 Å². The molecule has 3 N–H and O–H groups in total. The van der Waals surface area contributed by atoms with Crippen LogP contribution in [0.3, 0.4) is 0 Å². The molecule has 8 heteroatoms. The fraction of sp³-hybridized carbons (Fsp3) is 0.486. The molecule has 3 aliphatic heterocycles. The van der Waals surface area contributed by atoms with E-state index in [0.29, 0.717) is 19.1 Å². The standard InChI is InChI=1S/C35H45FN4O3/c1-41-16-3-13-39-15-17-42-33-11-8-27(19-32(33)39)24-43-34-22-38-21-31(37)35(34)28-9-6-25(7-10-28)18-26-12-14-40(23-26)30-5-2-4-29(36)20-30/h2,4-11,19-20,26,31,34-35,38H,3,12-18,21-24,37H2,1H3/t26?,31-,34+,35?/m1/s1. The maximum absolute atomic E-state index is 13.7. The number of ether oxygens (including phenoxy) is 3. The molecule has 3 aromatic rings. The average Bonchev–Trinajstić information content (AvgIpc) is 3.49. The topological polar surface area (TPSA) is 72.2 Å². The molecule has 0 saturated carbocycles. The molecule has 2 fully saturated rings. The number of benzene rings is 3. The normalized spacial score (nSPS) is 23.7. The average molecular weight is 589 g/mol. The molecule has 0 bridgehead atoms. The van der Waals surface area contributed by atoms with E-state index in [1.54, 1.807) is 19.2 Å². The van der Waals surface area contributed by atoms with Gasteiger partial charge in [-0.15, -0.1) is 0 Å². The molecule has 3 aromatic carbocycles. The highest BCUT2D eigenvalue weighted by atomic mass is 19.1.